The quantitative estimate of drug-likeness (QED) is 0.895. The van der Waals surface area contributed by atoms with Gasteiger partial charge in [-0.25, -0.2) is 8.78 Å². The lowest BCUT2D eigenvalue weighted by molar-refractivity contribution is -0.127. The number of benzene rings is 1. The van der Waals surface area contributed by atoms with Gasteiger partial charge in [-0.3, -0.25) is 4.79 Å². The fraction of sp³-hybridized carbons (Fsp3) is 0.533. The number of rotatable bonds is 3. The lowest BCUT2D eigenvalue weighted by Gasteiger charge is -2.36. The standard InChI is InChI=1S/C15H20F2N2O/c1-15(2,10-5-4-8-18-9-10)14(20)19-12-7-3-6-11(16)13(12)17/h3,6-7,10,18H,4-5,8-9H2,1-2H3,(H,19,20). The second kappa shape index (κ2) is 5.87. The highest BCUT2D eigenvalue weighted by molar-refractivity contribution is 5.95. The van der Waals surface area contributed by atoms with Crippen LogP contribution in [-0.2, 0) is 4.79 Å². The second-order valence-electron chi connectivity index (χ2n) is 5.82. The first-order valence-electron chi connectivity index (χ1n) is 6.89. The van der Waals surface area contributed by atoms with E-state index in [2.05, 4.69) is 10.6 Å². The molecule has 2 N–H and O–H groups in total. The van der Waals surface area contributed by atoms with Crippen LogP contribution in [0.2, 0.25) is 0 Å². The van der Waals surface area contributed by atoms with Crippen molar-refractivity contribution in [1.82, 2.24) is 5.32 Å². The molecule has 5 heteroatoms. The van der Waals surface area contributed by atoms with Gasteiger partial charge in [-0.1, -0.05) is 19.9 Å². The summed E-state index contributed by atoms with van der Waals surface area (Å²) in [6.45, 7) is 5.42. The number of hydrogen-bond acceptors (Lipinski definition) is 2. The molecule has 1 aliphatic heterocycles. The number of carbonyl (C=O) groups excluding carboxylic acids is 1. The predicted octanol–water partition coefficient (Wildman–Crippen LogP) is 2.93. The number of anilines is 1. The van der Waals surface area contributed by atoms with Gasteiger partial charge in [0.05, 0.1) is 5.69 Å². The maximum atomic E-state index is 13.6. The molecule has 1 saturated heterocycles. The molecule has 2 rings (SSSR count). The van der Waals surface area contributed by atoms with Gasteiger partial charge in [0.25, 0.3) is 0 Å². The smallest absolute Gasteiger partial charge is 0.230 e. The normalized spacial score (nSPS) is 19.7. The lowest BCUT2D eigenvalue weighted by Crippen LogP contribution is -2.44. The van der Waals surface area contributed by atoms with E-state index in [-0.39, 0.29) is 17.5 Å². The largest absolute Gasteiger partial charge is 0.323 e. The number of carbonyl (C=O) groups is 1. The lowest BCUT2D eigenvalue weighted by atomic mass is 9.74. The Morgan fingerprint density at radius 3 is 2.80 bits per heavy atom. The van der Waals surface area contributed by atoms with E-state index in [1.165, 1.54) is 12.1 Å². The summed E-state index contributed by atoms with van der Waals surface area (Å²) in [6.07, 6.45) is 1.98. The van der Waals surface area contributed by atoms with Gasteiger partial charge in [0, 0.05) is 5.41 Å². The van der Waals surface area contributed by atoms with E-state index in [1.54, 1.807) is 0 Å². The maximum Gasteiger partial charge on any atom is 0.230 e. The van der Waals surface area contributed by atoms with Gasteiger partial charge in [-0.2, -0.15) is 0 Å². The third kappa shape index (κ3) is 2.98. The average molecular weight is 282 g/mol. The highest BCUT2D eigenvalue weighted by Crippen LogP contribution is 2.33. The minimum absolute atomic E-state index is 0.105. The van der Waals surface area contributed by atoms with E-state index < -0.39 is 17.0 Å². The van der Waals surface area contributed by atoms with Crippen molar-refractivity contribution in [2.45, 2.75) is 26.7 Å². The molecular formula is C15H20F2N2O. The number of halogens is 2. The second-order valence-corrected chi connectivity index (χ2v) is 5.82. The topological polar surface area (TPSA) is 41.1 Å². The van der Waals surface area contributed by atoms with Crippen LogP contribution in [0.25, 0.3) is 0 Å². The van der Waals surface area contributed by atoms with Crippen LogP contribution in [-0.4, -0.2) is 19.0 Å². The zero-order valence-electron chi connectivity index (χ0n) is 11.8. The van der Waals surface area contributed by atoms with Gasteiger partial charge >= 0.3 is 0 Å². The molecule has 0 aromatic heterocycles. The van der Waals surface area contributed by atoms with Crippen LogP contribution in [0.5, 0.6) is 0 Å². The van der Waals surface area contributed by atoms with E-state index in [0.717, 1.165) is 32.0 Å². The van der Waals surface area contributed by atoms with Crippen LogP contribution in [0, 0.1) is 23.0 Å². The summed E-state index contributed by atoms with van der Waals surface area (Å²) < 4.78 is 26.7. The van der Waals surface area contributed by atoms with Crippen molar-refractivity contribution < 1.29 is 13.6 Å². The molecule has 1 aliphatic rings. The molecule has 0 saturated carbocycles. The highest BCUT2D eigenvalue weighted by Gasteiger charge is 2.37. The maximum absolute atomic E-state index is 13.6. The average Bonchev–Trinajstić information content (AvgIpc) is 2.44. The highest BCUT2D eigenvalue weighted by atomic mass is 19.2. The molecule has 3 nitrogen and oxygen atoms in total. The van der Waals surface area contributed by atoms with Gasteiger partial charge in [0.1, 0.15) is 0 Å². The molecule has 1 aromatic rings. The van der Waals surface area contributed by atoms with Crippen LogP contribution in [0.4, 0.5) is 14.5 Å². The molecule has 0 bridgehead atoms. The van der Waals surface area contributed by atoms with Crippen molar-refractivity contribution in [2.24, 2.45) is 11.3 Å². The molecule has 1 unspecified atom stereocenters. The van der Waals surface area contributed by atoms with Gasteiger partial charge in [-0.05, 0) is 44.0 Å². The van der Waals surface area contributed by atoms with Gasteiger partial charge < -0.3 is 10.6 Å². The van der Waals surface area contributed by atoms with Crippen molar-refractivity contribution in [3.05, 3.63) is 29.8 Å². The van der Waals surface area contributed by atoms with Gasteiger partial charge in [-0.15, -0.1) is 0 Å². The Hall–Kier alpha value is -1.49. The SMILES string of the molecule is CC(C)(C(=O)Nc1cccc(F)c1F)C1CCCNC1. The molecule has 1 atom stereocenters. The fourth-order valence-electron chi connectivity index (χ4n) is 2.54. The van der Waals surface area contributed by atoms with E-state index in [4.69, 9.17) is 0 Å². The van der Waals surface area contributed by atoms with Crippen LogP contribution in [0.1, 0.15) is 26.7 Å². The predicted molar refractivity (Wildman–Crippen MR) is 74.4 cm³/mol. The summed E-state index contributed by atoms with van der Waals surface area (Å²) in [7, 11) is 0. The molecule has 0 radical (unpaired) electrons. The Morgan fingerprint density at radius 1 is 1.40 bits per heavy atom. The first-order chi connectivity index (χ1) is 9.43. The molecular weight excluding hydrogens is 262 g/mol. The summed E-state index contributed by atoms with van der Waals surface area (Å²) in [5, 5.41) is 5.77. The zero-order chi connectivity index (χ0) is 14.8. The molecule has 1 aromatic carbocycles. The monoisotopic (exact) mass is 282 g/mol. The Morgan fingerprint density at radius 2 is 2.15 bits per heavy atom. The van der Waals surface area contributed by atoms with Crippen LogP contribution < -0.4 is 10.6 Å². The summed E-state index contributed by atoms with van der Waals surface area (Å²) in [4.78, 5) is 12.4. The van der Waals surface area contributed by atoms with Crippen molar-refractivity contribution in [3.63, 3.8) is 0 Å². The van der Waals surface area contributed by atoms with Crippen molar-refractivity contribution >= 4 is 11.6 Å². The minimum Gasteiger partial charge on any atom is -0.323 e. The molecule has 110 valence electrons. The van der Waals surface area contributed by atoms with Crippen LogP contribution >= 0.6 is 0 Å². The van der Waals surface area contributed by atoms with Crippen LogP contribution in [0.3, 0.4) is 0 Å². The Labute approximate surface area is 117 Å². The van der Waals surface area contributed by atoms with Crippen molar-refractivity contribution in [2.75, 3.05) is 18.4 Å². The number of amides is 1. The molecule has 0 spiro atoms. The van der Waals surface area contributed by atoms with E-state index >= 15 is 0 Å². The van der Waals surface area contributed by atoms with Crippen molar-refractivity contribution in [3.8, 4) is 0 Å². The summed E-state index contributed by atoms with van der Waals surface area (Å²) in [5.41, 5.74) is -0.738. The van der Waals surface area contributed by atoms with E-state index in [0.29, 0.717) is 0 Å². The van der Waals surface area contributed by atoms with Gasteiger partial charge in [0.2, 0.25) is 5.91 Å². The van der Waals surface area contributed by atoms with Crippen molar-refractivity contribution in [1.29, 1.82) is 0 Å². The van der Waals surface area contributed by atoms with E-state index in [9.17, 15) is 13.6 Å². The molecule has 0 aliphatic carbocycles. The van der Waals surface area contributed by atoms with Crippen LogP contribution in [0.15, 0.2) is 18.2 Å². The minimum atomic E-state index is -1.02. The fourth-order valence-corrected chi connectivity index (χ4v) is 2.54. The summed E-state index contributed by atoms with van der Waals surface area (Å²) >= 11 is 0. The summed E-state index contributed by atoms with van der Waals surface area (Å²) in [6, 6.07) is 3.77. The molecule has 1 fully saturated rings. The molecule has 1 amide bonds. The third-order valence-electron chi connectivity index (χ3n) is 4.10. The van der Waals surface area contributed by atoms with E-state index in [1.807, 2.05) is 13.8 Å². The van der Waals surface area contributed by atoms with Gasteiger partial charge in [0.15, 0.2) is 11.6 Å². The molecule has 20 heavy (non-hydrogen) atoms. The Bertz CT molecular complexity index is 497. The molecule has 1 heterocycles. The number of nitrogens with one attached hydrogen (secondary N) is 2. The summed E-state index contributed by atoms with van der Waals surface area (Å²) in [5.74, 6) is -2.07. The third-order valence-corrected chi connectivity index (χ3v) is 4.10. The first kappa shape index (κ1) is 14.9. The Kier molecular flexibility index (Phi) is 4.38. The Balaban J connectivity index is 2.12. The number of piperidine rings is 1. The number of hydrogen-bond donors (Lipinski definition) is 2. The first-order valence-corrected chi connectivity index (χ1v) is 6.89. The zero-order valence-corrected chi connectivity index (χ0v) is 11.8.